The van der Waals surface area contributed by atoms with E-state index in [-0.39, 0.29) is 6.04 Å². The SMILES string of the molecule is COCC(C)n1cc(C(C)(C)N)nn1. The van der Waals surface area contributed by atoms with Crippen molar-refractivity contribution < 1.29 is 4.74 Å². The number of aromatic nitrogens is 3. The van der Waals surface area contributed by atoms with Crippen LogP contribution in [0.5, 0.6) is 0 Å². The predicted molar refractivity (Wildman–Crippen MR) is 53.8 cm³/mol. The summed E-state index contributed by atoms with van der Waals surface area (Å²) in [6, 6.07) is 0.184. The number of ether oxygens (including phenoxy) is 1. The molecular weight excluding hydrogens is 180 g/mol. The van der Waals surface area contributed by atoms with E-state index >= 15 is 0 Å². The lowest BCUT2D eigenvalue weighted by atomic mass is 10.0. The minimum Gasteiger partial charge on any atom is -0.382 e. The van der Waals surface area contributed by atoms with E-state index in [0.29, 0.717) is 6.61 Å². The summed E-state index contributed by atoms with van der Waals surface area (Å²) in [6.45, 7) is 6.45. The number of hydrogen-bond donors (Lipinski definition) is 1. The number of rotatable bonds is 4. The van der Waals surface area contributed by atoms with Crippen molar-refractivity contribution in [3.63, 3.8) is 0 Å². The molecule has 0 saturated heterocycles. The van der Waals surface area contributed by atoms with Crippen LogP contribution >= 0.6 is 0 Å². The van der Waals surface area contributed by atoms with Crippen LogP contribution in [-0.2, 0) is 10.3 Å². The Morgan fingerprint density at radius 1 is 1.64 bits per heavy atom. The summed E-state index contributed by atoms with van der Waals surface area (Å²) in [5, 5.41) is 8.03. The fraction of sp³-hybridized carbons (Fsp3) is 0.778. The fourth-order valence-corrected chi connectivity index (χ4v) is 1.10. The largest absolute Gasteiger partial charge is 0.382 e. The smallest absolute Gasteiger partial charge is 0.102 e. The van der Waals surface area contributed by atoms with Gasteiger partial charge in [0.2, 0.25) is 0 Å². The van der Waals surface area contributed by atoms with Crippen molar-refractivity contribution in [2.75, 3.05) is 13.7 Å². The predicted octanol–water partition coefficient (Wildman–Crippen LogP) is 0.679. The van der Waals surface area contributed by atoms with Gasteiger partial charge in [-0.15, -0.1) is 5.10 Å². The van der Waals surface area contributed by atoms with Gasteiger partial charge in [0.15, 0.2) is 0 Å². The van der Waals surface area contributed by atoms with E-state index in [0.717, 1.165) is 5.69 Å². The molecule has 1 unspecified atom stereocenters. The van der Waals surface area contributed by atoms with E-state index in [1.807, 2.05) is 27.0 Å². The van der Waals surface area contributed by atoms with Crippen LogP contribution in [0, 0.1) is 0 Å². The molecule has 0 aliphatic carbocycles. The average molecular weight is 198 g/mol. The lowest BCUT2D eigenvalue weighted by molar-refractivity contribution is 0.156. The standard InChI is InChI=1S/C9H18N4O/c1-7(6-14-4)13-5-8(11-12-13)9(2,3)10/h5,7H,6,10H2,1-4H3. The molecule has 1 heterocycles. The highest BCUT2D eigenvalue weighted by Gasteiger charge is 2.19. The lowest BCUT2D eigenvalue weighted by Gasteiger charge is -2.14. The van der Waals surface area contributed by atoms with Gasteiger partial charge in [0.25, 0.3) is 0 Å². The molecule has 14 heavy (non-hydrogen) atoms. The van der Waals surface area contributed by atoms with E-state index in [9.17, 15) is 0 Å². The highest BCUT2D eigenvalue weighted by molar-refractivity contribution is 5.05. The van der Waals surface area contributed by atoms with Crippen LogP contribution in [-0.4, -0.2) is 28.7 Å². The molecule has 1 rings (SSSR count). The Bertz CT molecular complexity index is 289. The Morgan fingerprint density at radius 3 is 2.71 bits per heavy atom. The molecule has 80 valence electrons. The summed E-state index contributed by atoms with van der Waals surface area (Å²) >= 11 is 0. The van der Waals surface area contributed by atoms with Crippen molar-refractivity contribution in [1.29, 1.82) is 0 Å². The third-order valence-corrected chi connectivity index (χ3v) is 2.03. The van der Waals surface area contributed by atoms with Crippen molar-refractivity contribution in [3.05, 3.63) is 11.9 Å². The molecule has 0 aromatic carbocycles. The van der Waals surface area contributed by atoms with Crippen molar-refractivity contribution in [2.24, 2.45) is 5.73 Å². The molecule has 2 N–H and O–H groups in total. The zero-order valence-electron chi connectivity index (χ0n) is 9.19. The molecule has 0 aliphatic heterocycles. The Balaban J connectivity index is 2.78. The second-order valence-electron chi connectivity index (χ2n) is 4.11. The van der Waals surface area contributed by atoms with E-state index in [1.165, 1.54) is 0 Å². The second kappa shape index (κ2) is 4.06. The maximum atomic E-state index is 5.90. The minimum atomic E-state index is -0.439. The van der Waals surface area contributed by atoms with Gasteiger partial charge in [0, 0.05) is 7.11 Å². The maximum Gasteiger partial charge on any atom is 0.102 e. The molecule has 5 heteroatoms. The summed E-state index contributed by atoms with van der Waals surface area (Å²) in [7, 11) is 1.67. The number of nitrogens with two attached hydrogens (primary N) is 1. The first-order chi connectivity index (χ1) is 6.45. The first kappa shape index (κ1) is 11.1. The van der Waals surface area contributed by atoms with Gasteiger partial charge in [0.1, 0.15) is 5.69 Å². The van der Waals surface area contributed by atoms with E-state index in [4.69, 9.17) is 10.5 Å². The molecule has 0 radical (unpaired) electrons. The summed E-state index contributed by atoms with van der Waals surface area (Å²) in [6.07, 6.45) is 1.86. The zero-order valence-corrected chi connectivity index (χ0v) is 9.19. The Hall–Kier alpha value is -0.940. The van der Waals surface area contributed by atoms with Crippen molar-refractivity contribution in [1.82, 2.24) is 15.0 Å². The Kier molecular flexibility index (Phi) is 3.23. The monoisotopic (exact) mass is 198 g/mol. The highest BCUT2D eigenvalue weighted by atomic mass is 16.5. The Labute approximate surface area is 84.2 Å². The van der Waals surface area contributed by atoms with Crippen molar-refractivity contribution >= 4 is 0 Å². The van der Waals surface area contributed by atoms with Gasteiger partial charge in [-0.25, -0.2) is 4.68 Å². The molecule has 0 aliphatic rings. The molecule has 0 amide bonds. The molecule has 0 fully saturated rings. The summed E-state index contributed by atoms with van der Waals surface area (Å²) in [5.74, 6) is 0. The third kappa shape index (κ3) is 2.52. The van der Waals surface area contributed by atoms with Gasteiger partial charge < -0.3 is 10.5 Å². The summed E-state index contributed by atoms with van der Waals surface area (Å²) in [5.41, 5.74) is 6.25. The molecule has 0 spiro atoms. The van der Waals surface area contributed by atoms with Gasteiger partial charge in [-0.1, -0.05) is 5.21 Å². The van der Waals surface area contributed by atoms with Gasteiger partial charge >= 0.3 is 0 Å². The average Bonchev–Trinajstić information content (AvgIpc) is 2.51. The molecule has 0 bridgehead atoms. The van der Waals surface area contributed by atoms with Crippen LogP contribution in [0.15, 0.2) is 6.20 Å². The summed E-state index contributed by atoms with van der Waals surface area (Å²) in [4.78, 5) is 0. The topological polar surface area (TPSA) is 66.0 Å². The van der Waals surface area contributed by atoms with Crippen LogP contribution in [0.4, 0.5) is 0 Å². The number of methoxy groups -OCH3 is 1. The van der Waals surface area contributed by atoms with Crippen LogP contribution < -0.4 is 5.73 Å². The number of nitrogens with zero attached hydrogens (tertiary/aromatic N) is 3. The second-order valence-corrected chi connectivity index (χ2v) is 4.11. The van der Waals surface area contributed by atoms with E-state index in [1.54, 1.807) is 11.8 Å². The molecule has 1 aromatic rings. The van der Waals surface area contributed by atoms with Crippen LogP contribution in [0.3, 0.4) is 0 Å². The minimum absolute atomic E-state index is 0.184. The third-order valence-electron chi connectivity index (χ3n) is 2.03. The lowest BCUT2D eigenvalue weighted by Crippen LogP contribution is -2.29. The van der Waals surface area contributed by atoms with Gasteiger partial charge in [-0.3, -0.25) is 0 Å². The van der Waals surface area contributed by atoms with E-state index in [2.05, 4.69) is 10.3 Å². The van der Waals surface area contributed by atoms with Gasteiger partial charge in [-0.05, 0) is 20.8 Å². The first-order valence-corrected chi connectivity index (χ1v) is 4.65. The van der Waals surface area contributed by atoms with Crippen LogP contribution in [0.25, 0.3) is 0 Å². The fourth-order valence-electron chi connectivity index (χ4n) is 1.10. The molecular formula is C9H18N4O. The van der Waals surface area contributed by atoms with Gasteiger partial charge in [-0.2, -0.15) is 0 Å². The Morgan fingerprint density at radius 2 is 2.29 bits per heavy atom. The molecule has 1 atom stereocenters. The first-order valence-electron chi connectivity index (χ1n) is 4.65. The number of hydrogen-bond acceptors (Lipinski definition) is 4. The van der Waals surface area contributed by atoms with Crippen LogP contribution in [0.2, 0.25) is 0 Å². The summed E-state index contributed by atoms with van der Waals surface area (Å²) < 4.78 is 6.80. The molecule has 0 saturated carbocycles. The van der Waals surface area contributed by atoms with Crippen molar-refractivity contribution in [2.45, 2.75) is 32.4 Å². The normalized spacial score (nSPS) is 14.4. The molecule has 1 aromatic heterocycles. The molecule has 5 nitrogen and oxygen atoms in total. The quantitative estimate of drug-likeness (QED) is 0.772. The van der Waals surface area contributed by atoms with Crippen molar-refractivity contribution in [3.8, 4) is 0 Å². The van der Waals surface area contributed by atoms with Gasteiger partial charge in [0.05, 0.1) is 24.4 Å². The zero-order chi connectivity index (χ0) is 10.8. The van der Waals surface area contributed by atoms with Crippen LogP contribution in [0.1, 0.15) is 32.5 Å². The van der Waals surface area contributed by atoms with E-state index < -0.39 is 5.54 Å². The highest BCUT2D eigenvalue weighted by Crippen LogP contribution is 2.14. The maximum absolute atomic E-state index is 5.90.